The lowest BCUT2D eigenvalue weighted by Gasteiger charge is -2.34. The van der Waals surface area contributed by atoms with E-state index in [0.29, 0.717) is 5.82 Å². The van der Waals surface area contributed by atoms with Gasteiger partial charge in [0.25, 0.3) is 0 Å². The quantitative estimate of drug-likeness (QED) is 0.167. The van der Waals surface area contributed by atoms with Gasteiger partial charge in [-0.1, -0.05) is 232 Å². The Morgan fingerprint density at radius 1 is 0.333 bits per heavy atom. The lowest BCUT2D eigenvalue weighted by Crippen LogP contribution is -2.28. The van der Waals surface area contributed by atoms with E-state index >= 15 is 0 Å². The van der Waals surface area contributed by atoms with Crippen molar-refractivity contribution in [3.63, 3.8) is 0 Å². The molecule has 1 aromatic heterocycles. The molecule has 0 fully saturated rings. The molecule has 0 radical (unpaired) electrons. The van der Waals surface area contributed by atoms with Crippen molar-refractivity contribution in [3.05, 3.63) is 264 Å². The molecule has 2 nitrogen and oxygen atoms in total. The summed E-state index contributed by atoms with van der Waals surface area (Å²) in [6, 6.07) is 84.3. The smallest absolute Gasteiger partial charge is 0.160 e. The molecule has 0 amide bonds. The van der Waals surface area contributed by atoms with Gasteiger partial charge >= 0.3 is 0 Å². The predicted octanol–water partition coefficient (Wildman–Crippen LogP) is 16.1. The van der Waals surface area contributed by atoms with Crippen LogP contribution in [0.2, 0.25) is 0 Å². The Bertz CT molecular complexity index is 3680. The van der Waals surface area contributed by atoms with Crippen LogP contribution in [0, 0.1) is 0 Å². The molecule has 0 spiro atoms. The molecule has 0 aliphatic heterocycles. The molecule has 1 heterocycles. The molecule has 11 aromatic rings. The minimum Gasteiger partial charge on any atom is -0.228 e. The van der Waals surface area contributed by atoms with E-state index in [2.05, 4.69) is 238 Å². The highest BCUT2D eigenvalue weighted by atomic mass is 14.9. The van der Waals surface area contributed by atoms with Crippen LogP contribution in [-0.2, 0) is 10.8 Å². The summed E-state index contributed by atoms with van der Waals surface area (Å²) >= 11 is 0. The average Bonchev–Trinajstić information content (AvgIpc) is 3.82. The number of fused-ring (bicyclic) bond motifs is 9. The second-order valence-electron chi connectivity index (χ2n) is 18.4. The normalized spacial score (nSPS) is 13.8. The first kappa shape index (κ1) is 38.3. The third-order valence-electron chi connectivity index (χ3n) is 14.6. The fraction of sp³-hybridized carbons (Fsp3) is 0.0625. The van der Waals surface area contributed by atoms with E-state index in [-0.39, 0.29) is 5.41 Å². The van der Waals surface area contributed by atoms with Crippen LogP contribution in [0.15, 0.2) is 231 Å². The average molecular weight is 841 g/mol. The molecule has 2 heteroatoms. The van der Waals surface area contributed by atoms with Gasteiger partial charge in [0, 0.05) is 22.1 Å². The number of aromatic nitrogens is 2. The maximum atomic E-state index is 5.41. The van der Waals surface area contributed by atoms with Crippen LogP contribution in [-0.4, -0.2) is 9.97 Å². The van der Waals surface area contributed by atoms with Crippen LogP contribution in [0.3, 0.4) is 0 Å². The number of rotatable bonds is 6. The van der Waals surface area contributed by atoms with E-state index in [1.54, 1.807) is 0 Å². The van der Waals surface area contributed by atoms with E-state index in [1.807, 2.05) is 6.07 Å². The first-order chi connectivity index (χ1) is 32.5. The maximum absolute atomic E-state index is 5.41. The van der Waals surface area contributed by atoms with Gasteiger partial charge in [0.15, 0.2) is 5.82 Å². The maximum Gasteiger partial charge on any atom is 0.160 e. The zero-order chi connectivity index (χ0) is 44.0. The molecule has 0 saturated carbocycles. The number of benzene rings is 10. The van der Waals surface area contributed by atoms with Gasteiger partial charge in [-0.15, -0.1) is 0 Å². The number of nitrogens with zero attached hydrogens (tertiary/aromatic N) is 2. The predicted molar refractivity (Wildman–Crippen MR) is 274 cm³/mol. The number of hydrogen-bond acceptors (Lipinski definition) is 2. The first-order valence-corrected chi connectivity index (χ1v) is 23.0. The Labute approximate surface area is 385 Å². The van der Waals surface area contributed by atoms with Crippen LogP contribution in [0.5, 0.6) is 0 Å². The molecule has 2 aliphatic rings. The minimum atomic E-state index is -0.519. The SMILES string of the molecule is CC1(C)c2cccc(-c3ccc(-c4cc(-c5ccc6c(c5)C(c5ccccc5)(c5ccccc5)c5ccccc5-6)nc(-c5ccccc5)n4)c4ccccc34)c2-c2ccc3ccccc3c21. The van der Waals surface area contributed by atoms with Gasteiger partial charge in [-0.2, -0.15) is 0 Å². The monoisotopic (exact) mass is 840 g/mol. The summed E-state index contributed by atoms with van der Waals surface area (Å²) in [4.78, 5) is 10.8. The summed E-state index contributed by atoms with van der Waals surface area (Å²) < 4.78 is 0. The molecule has 2 aliphatic carbocycles. The third-order valence-corrected chi connectivity index (χ3v) is 14.6. The zero-order valence-corrected chi connectivity index (χ0v) is 36.8. The highest BCUT2D eigenvalue weighted by Crippen LogP contribution is 2.58. The van der Waals surface area contributed by atoms with Gasteiger partial charge in [0.2, 0.25) is 0 Å². The molecular formula is C64H44N2. The molecule has 0 saturated heterocycles. The minimum absolute atomic E-state index is 0.148. The summed E-state index contributed by atoms with van der Waals surface area (Å²) in [5, 5.41) is 4.96. The van der Waals surface area contributed by atoms with Gasteiger partial charge < -0.3 is 0 Å². The summed E-state index contributed by atoms with van der Waals surface area (Å²) in [5.74, 6) is 0.698. The molecule has 10 aromatic carbocycles. The summed E-state index contributed by atoms with van der Waals surface area (Å²) in [7, 11) is 0. The van der Waals surface area contributed by atoms with Crippen LogP contribution < -0.4 is 0 Å². The Kier molecular flexibility index (Phi) is 8.51. The van der Waals surface area contributed by atoms with E-state index < -0.39 is 5.41 Å². The molecule has 310 valence electrons. The highest BCUT2D eigenvalue weighted by Gasteiger charge is 2.46. The van der Waals surface area contributed by atoms with Crippen molar-refractivity contribution < 1.29 is 0 Å². The highest BCUT2D eigenvalue weighted by molar-refractivity contribution is 6.09. The molecule has 66 heavy (non-hydrogen) atoms. The van der Waals surface area contributed by atoms with E-state index in [9.17, 15) is 0 Å². The summed E-state index contributed by atoms with van der Waals surface area (Å²) in [6.45, 7) is 4.77. The van der Waals surface area contributed by atoms with Crippen molar-refractivity contribution in [3.8, 4) is 67.3 Å². The fourth-order valence-corrected chi connectivity index (χ4v) is 11.7. The molecule has 0 bridgehead atoms. The first-order valence-electron chi connectivity index (χ1n) is 23.0. The van der Waals surface area contributed by atoms with Gasteiger partial charge in [-0.3, -0.25) is 0 Å². The summed E-state index contributed by atoms with van der Waals surface area (Å²) in [6.07, 6.45) is 0. The number of hydrogen-bond donors (Lipinski definition) is 0. The van der Waals surface area contributed by atoms with Crippen molar-refractivity contribution in [1.82, 2.24) is 9.97 Å². The van der Waals surface area contributed by atoms with Gasteiger partial charge in [-0.25, -0.2) is 9.97 Å². The Balaban J connectivity index is 1.02. The largest absolute Gasteiger partial charge is 0.228 e. The fourth-order valence-electron chi connectivity index (χ4n) is 11.7. The second-order valence-corrected chi connectivity index (χ2v) is 18.4. The lowest BCUT2D eigenvalue weighted by molar-refractivity contribution is 0.666. The summed E-state index contributed by atoms with van der Waals surface area (Å²) in [5.41, 5.74) is 19.6. The van der Waals surface area contributed by atoms with E-state index in [0.717, 1.165) is 33.5 Å². The van der Waals surface area contributed by atoms with Gasteiger partial charge in [0.05, 0.1) is 16.8 Å². The molecular weight excluding hydrogens is 797 g/mol. The standard InChI is InChI=1S/C64H44N2/c1-63(2)56-32-18-30-53(60(56)54-36-33-41-19-12-13-26-46(41)61(54)63)49-37-38-52(48-28-15-14-27-47(48)49)59-40-58(65-62(66-59)42-20-6-3-7-21-42)43-34-35-51-50-29-16-17-31-55(50)64(57(51)39-43,44-22-8-4-9-23-44)45-24-10-5-11-25-45/h3-40H,1-2H3. The molecule has 0 N–H and O–H groups in total. The van der Waals surface area contributed by atoms with Crippen molar-refractivity contribution in [2.45, 2.75) is 24.7 Å². The van der Waals surface area contributed by atoms with Crippen LogP contribution in [0.25, 0.3) is 88.8 Å². The third kappa shape index (κ3) is 5.55. The van der Waals surface area contributed by atoms with Crippen molar-refractivity contribution >= 4 is 21.5 Å². The second kappa shape index (κ2) is 14.7. The Morgan fingerprint density at radius 2 is 0.879 bits per heavy atom. The van der Waals surface area contributed by atoms with Gasteiger partial charge in [-0.05, 0) is 100 Å². The molecule has 13 rings (SSSR count). The van der Waals surface area contributed by atoms with Crippen molar-refractivity contribution in [1.29, 1.82) is 0 Å². The van der Waals surface area contributed by atoms with Crippen LogP contribution in [0.4, 0.5) is 0 Å². The molecule has 0 unspecified atom stereocenters. The Morgan fingerprint density at radius 3 is 1.64 bits per heavy atom. The van der Waals surface area contributed by atoms with Crippen LogP contribution in [0.1, 0.15) is 47.2 Å². The molecule has 0 atom stereocenters. The van der Waals surface area contributed by atoms with Gasteiger partial charge in [0.1, 0.15) is 0 Å². The topological polar surface area (TPSA) is 25.8 Å². The zero-order valence-electron chi connectivity index (χ0n) is 36.8. The van der Waals surface area contributed by atoms with Crippen molar-refractivity contribution in [2.75, 3.05) is 0 Å². The van der Waals surface area contributed by atoms with E-state index in [4.69, 9.17) is 9.97 Å². The van der Waals surface area contributed by atoms with E-state index in [1.165, 1.54) is 82.9 Å². The lowest BCUT2D eigenvalue weighted by atomic mass is 9.67. The van der Waals surface area contributed by atoms with Crippen LogP contribution >= 0.6 is 0 Å². The Hall–Kier alpha value is -8.20. The van der Waals surface area contributed by atoms with Crippen molar-refractivity contribution in [2.24, 2.45) is 0 Å².